The average Bonchev–Trinajstić information content (AvgIpc) is 2.30. The first-order valence-electron chi connectivity index (χ1n) is 4.72. The summed E-state index contributed by atoms with van der Waals surface area (Å²) in [6.45, 7) is 0.299. The molecule has 1 heterocycles. The summed E-state index contributed by atoms with van der Waals surface area (Å²) < 4.78 is 13.4. The molecule has 0 amide bonds. The Kier molecular flexibility index (Phi) is 2.68. The van der Waals surface area contributed by atoms with Crippen molar-refractivity contribution in [3.63, 3.8) is 0 Å². The van der Waals surface area contributed by atoms with E-state index in [-0.39, 0.29) is 11.5 Å². The molecule has 1 aliphatic rings. The first-order chi connectivity index (χ1) is 7.68. The van der Waals surface area contributed by atoms with E-state index in [2.05, 4.69) is 0 Å². The largest absolute Gasteiger partial charge is 0.341 e. The van der Waals surface area contributed by atoms with Crippen LogP contribution in [-0.2, 0) is 0 Å². The number of benzene rings is 1. The van der Waals surface area contributed by atoms with Gasteiger partial charge in [0, 0.05) is 24.9 Å². The van der Waals surface area contributed by atoms with Gasteiger partial charge in [-0.25, -0.2) is 4.39 Å². The predicted molar refractivity (Wildman–Crippen MR) is 58.0 cm³/mol. The second-order valence-corrected chi connectivity index (χ2v) is 3.31. The van der Waals surface area contributed by atoms with Crippen LogP contribution < -0.4 is 4.90 Å². The van der Waals surface area contributed by atoms with Crippen LogP contribution in [0.1, 0.15) is 0 Å². The summed E-state index contributed by atoms with van der Waals surface area (Å²) in [6, 6.07) is 6.31. The second kappa shape index (κ2) is 4.14. The van der Waals surface area contributed by atoms with Crippen molar-refractivity contribution in [3.05, 3.63) is 64.2 Å². The Labute approximate surface area is 91.4 Å². The van der Waals surface area contributed by atoms with Gasteiger partial charge in [0.05, 0.1) is 10.6 Å². The van der Waals surface area contributed by atoms with E-state index in [1.54, 1.807) is 23.1 Å². The molecule has 1 aromatic carbocycles. The Morgan fingerprint density at radius 1 is 1.38 bits per heavy atom. The molecule has 2 rings (SSSR count). The van der Waals surface area contributed by atoms with E-state index in [4.69, 9.17) is 0 Å². The van der Waals surface area contributed by atoms with Crippen LogP contribution in [0.3, 0.4) is 0 Å². The molecule has 16 heavy (non-hydrogen) atoms. The maximum atomic E-state index is 13.4. The molecule has 0 spiro atoms. The van der Waals surface area contributed by atoms with E-state index in [0.29, 0.717) is 12.2 Å². The summed E-state index contributed by atoms with van der Waals surface area (Å²) in [5.41, 5.74) is 0.449. The van der Waals surface area contributed by atoms with Gasteiger partial charge in [-0.1, -0.05) is 12.1 Å². The Bertz CT molecular complexity index is 483. The maximum absolute atomic E-state index is 13.4. The normalized spacial score (nSPS) is 14.8. The van der Waals surface area contributed by atoms with Crippen molar-refractivity contribution in [2.24, 2.45) is 0 Å². The zero-order valence-electron chi connectivity index (χ0n) is 8.34. The molecule has 0 saturated heterocycles. The van der Waals surface area contributed by atoms with Gasteiger partial charge in [-0.2, -0.15) is 0 Å². The van der Waals surface area contributed by atoms with Crippen LogP contribution in [0.25, 0.3) is 0 Å². The number of halogens is 1. The quantitative estimate of drug-likeness (QED) is 0.567. The lowest BCUT2D eigenvalue weighted by Gasteiger charge is -2.20. The highest BCUT2D eigenvalue weighted by Crippen LogP contribution is 2.21. The minimum Gasteiger partial charge on any atom is -0.341 e. The SMILES string of the molecule is O=[N+]([O-])C1=CCN(c2ccccc2F)C=C1. The molecule has 5 heteroatoms. The molecule has 0 fully saturated rings. The van der Waals surface area contributed by atoms with Gasteiger partial charge >= 0.3 is 0 Å². The third kappa shape index (κ3) is 1.93. The van der Waals surface area contributed by atoms with E-state index in [9.17, 15) is 14.5 Å². The summed E-state index contributed by atoms with van der Waals surface area (Å²) in [5, 5.41) is 10.5. The standard InChI is InChI=1S/C11H9FN2O2/c12-10-3-1-2-4-11(10)13-7-5-9(6-8-13)14(15)16/h1-7H,8H2. The molecular weight excluding hydrogens is 211 g/mol. The zero-order valence-corrected chi connectivity index (χ0v) is 8.34. The minimum atomic E-state index is -0.463. The minimum absolute atomic E-state index is 0.0348. The molecule has 0 radical (unpaired) electrons. The highest BCUT2D eigenvalue weighted by Gasteiger charge is 2.15. The second-order valence-electron chi connectivity index (χ2n) is 3.31. The van der Waals surface area contributed by atoms with E-state index in [0.717, 1.165) is 0 Å². The van der Waals surface area contributed by atoms with Gasteiger partial charge < -0.3 is 4.90 Å². The number of anilines is 1. The Hall–Kier alpha value is -2.17. The predicted octanol–water partition coefficient (Wildman–Crippen LogP) is 2.32. The molecule has 0 aliphatic carbocycles. The van der Waals surface area contributed by atoms with E-state index >= 15 is 0 Å². The highest BCUT2D eigenvalue weighted by atomic mass is 19.1. The number of hydrogen-bond acceptors (Lipinski definition) is 3. The summed E-state index contributed by atoms with van der Waals surface area (Å²) >= 11 is 0. The van der Waals surface area contributed by atoms with Crippen LogP contribution in [-0.4, -0.2) is 11.5 Å². The van der Waals surface area contributed by atoms with Crippen molar-refractivity contribution in [1.29, 1.82) is 0 Å². The van der Waals surface area contributed by atoms with Gasteiger partial charge in [0.2, 0.25) is 0 Å². The Morgan fingerprint density at radius 2 is 2.12 bits per heavy atom. The smallest absolute Gasteiger partial charge is 0.268 e. The van der Waals surface area contributed by atoms with Crippen LogP contribution in [0.15, 0.2) is 48.3 Å². The number of hydrogen-bond donors (Lipinski definition) is 0. The first kappa shape index (κ1) is 10.4. The number of nitrogens with zero attached hydrogens (tertiary/aromatic N) is 2. The summed E-state index contributed by atoms with van der Waals surface area (Å²) in [7, 11) is 0. The van der Waals surface area contributed by atoms with Gasteiger partial charge in [-0.3, -0.25) is 10.1 Å². The van der Waals surface area contributed by atoms with Crippen molar-refractivity contribution in [2.45, 2.75) is 0 Å². The third-order valence-corrected chi connectivity index (χ3v) is 2.30. The van der Waals surface area contributed by atoms with Gasteiger partial charge in [0.15, 0.2) is 0 Å². The number of nitro groups is 1. The number of allylic oxidation sites excluding steroid dienone is 1. The van der Waals surface area contributed by atoms with Crippen molar-refractivity contribution < 1.29 is 9.31 Å². The molecule has 1 aromatic rings. The fourth-order valence-electron chi connectivity index (χ4n) is 1.49. The molecule has 82 valence electrons. The molecule has 0 aromatic heterocycles. The fraction of sp³-hybridized carbons (Fsp3) is 0.0909. The van der Waals surface area contributed by atoms with Crippen molar-refractivity contribution in [2.75, 3.05) is 11.4 Å². The molecule has 4 nitrogen and oxygen atoms in total. The highest BCUT2D eigenvalue weighted by molar-refractivity contribution is 5.52. The summed E-state index contributed by atoms with van der Waals surface area (Å²) in [5.74, 6) is -0.342. The van der Waals surface area contributed by atoms with Crippen molar-refractivity contribution in [3.8, 4) is 0 Å². The number of para-hydroxylation sites is 1. The van der Waals surface area contributed by atoms with Crippen LogP contribution in [0.4, 0.5) is 10.1 Å². The summed E-state index contributed by atoms with van der Waals surface area (Å²) in [4.78, 5) is 11.6. The van der Waals surface area contributed by atoms with Crippen LogP contribution >= 0.6 is 0 Å². The molecule has 0 atom stereocenters. The lowest BCUT2D eigenvalue weighted by atomic mass is 10.2. The van der Waals surface area contributed by atoms with Gasteiger partial charge in [0.25, 0.3) is 5.70 Å². The molecule has 0 saturated carbocycles. The van der Waals surface area contributed by atoms with Crippen LogP contribution in [0, 0.1) is 15.9 Å². The average molecular weight is 220 g/mol. The molecule has 0 unspecified atom stereocenters. The van der Waals surface area contributed by atoms with E-state index < -0.39 is 4.92 Å². The zero-order chi connectivity index (χ0) is 11.5. The van der Waals surface area contributed by atoms with Gasteiger partial charge in [-0.15, -0.1) is 0 Å². The topological polar surface area (TPSA) is 46.4 Å². The Balaban J connectivity index is 2.21. The maximum Gasteiger partial charge on any atom is 0.268 e. The van der Waals surface area contributed by atoms with E-state index in [1.165, 1.54) is 24.4 Å². The lowest BCUT2D eigenvalue weighted by Crippen LogP contribution is -2.21. The van der Waals surface area contributed by atoms with Crippen LogP contribution in [0.2, 0.25) is 0 Å². The molecular formula is C11H9FN2O2. The van der Waals surface area contributed by atoms with Crippen molar-refractivity contribution >= 4 is 5.69 Å². The molecule has 0 bridgehead atoms. The first-order valence-corrected chi connectivity index (χ1v) is 4.72. The lowest BCUT2D eigenvalue weighted by molar-refractivity contribution is -0.419. The monoisotopic (exact) mass is 220 g/mol. The van der Waals surface area contributed by atoms with E-state index in [1.807, 2.05) is 0 Å². The van der Waals surface area contributed by atoms with Crippen LogP contribution in [0.5, 0.6) is 0 Å². The van der Waals surface area contributed by atoms with Crippen molar-refractivity contribution in [1.82, 2.24) is 0 Å². The Morgan fingerprint density at radius 3 is 2.69 bits per heavy atom. The number of rotatable bonds is 2. The summed E-state index contributed by atoms with van der Waals surface area (Å²) in [6.07, 6.45) is 4.32. The van der Waals surface area contributed by atoms with Gasteiger partial charge in [0.1, 0.15) is 5.82 Å². The molecule has 0 N–H and O–H groups in total. The third-order valence-electron chi connectivity index (χ3n) is 2.30. The van der Waals surface area contributed by atoms with Gasteiger partial charge in [-0.05, 0) is 12.1 Å². The fourth-order valence-corrected chi connectivity index (χ4v) is 1.49. The molecule has 1 aliphatic heterocycles.